The normalized spacial score (nSPS) is 20.8. The molecule has 1 amide bonds. The van der Waals surface area contributed by atoms with E-state index < -0.39 is 14.3 Å². The van der Waals surface area contributed by atoms with Gasteiger partial charge in [0.25, 0.3) is 0 Å². The highest BCUT2D eigenvalue weighted by atomic mass is 35.7. The zero-order chi connectivity index (χ0) is 13.7. The van der Waals surface area contributed by atoms with E-state index in [0.717, 1.165) is 5.69 Å². The number of halogens is 1. The Labute approximate surface area is 110 Å². The van der Waals surface area contributed by atoms with Crippen LogP contribution in [0.25, 0.3) is 0 Å². The van der Waals surface area contributed by atoms with E-state index in [4.69, 9.17) is 10.7 Å². The minimum absolute atomic E-state index is 0.0698. The average molecular weight is 292 g/mol. The summed E-state index contributed by atoms with van der Waals surface area (Å²) in [6, 6.07) is 0. The molecule has 0 bridgehead atoms. The number of aromatic nitrogens is 2. The molecule has 1 unspecified atom stereocenters. The van der Waals surface area contributed by atoms with E-state index in [1.54, 1.807) is 18.7 Å². The maximum Gasteiger partial charge on any atom is 0.237 e. The van der Waals surface area contributed by atoms with E-state index >= 15 is 0 Å². The highest BCUT2D eigenvalue weighted by Crippen LogP contribution is 2.31. The van der Waals surface area contributed by atoms with Gasteiger partial charge in [0.1, 0.15) is 5.25 Å². The standard InChI is InChI=1S/C10H14ClN3O3S/c1-6-10(7(2)13(3)12-6)14-5-8(4-9(14)15)18(11,16)17/h8H,4-5H2,1-3H3. The highest BCUT2D eigenvalue weighted by Gasteiger charge is 2.39. The fraction of sp³-hybridized carbons (Fsp3) is 0.600. The van der Waals surface area contributed by atoms with Gasteiger partial charge in [-0.25, -0.2) is 8.42 Å². The van der Waals surface area contributed by atoms with E-state index in [-0.39, 0.29) is 18.9 Å². The van der Waals surface area contributed by atoms with Crippen LogP contribution in [0.2, 0.25) is 0 Å². The first-order valence-electron chi connectivity index (χ1n) is 5.46. The molecular weight excluding hydrogens is 278 g/mol. The molecule has 0 N–H and O–H groups in total. The Kier molecular flexibility index (Phi) is 3.14. The van der Waals surface area contributed by atoms with Gasteiger partial charge in [-0.15, -0.1) is 0 Å². The second-order valence-corrected chi connectivity index (χ2v) is 7.36. The van der Waals surface area contributed by atoms with Gasteiger partial charge in [0.15, 0.2) is 0 Å². The minimum atomic E-state index is -3.71. The summed E-state index contributed by atoms with van der Waals surface area (Å²) in [6.45, 7) is 3.72. The quantitative estimate of drug-likeness (QED) is 0.752. The van der Waals surface area contributed by atoms with E-state index in [9.17, 15) is 13.2 Å². The number of rotatable bonds is 2. The lowest BCUT2D eigenvalue weighted by Gasteiger charge is -2.16. The molecule has 0 spiro atoms. The molecule has 1 saturated heterocycles. The Morgan fingerprint density at radius 3 is 2.39 bits per heavy atom. The van der Waals surface area contributed by atoms with Crippen molar-refractivity contribution in [1.82, 2.24) is 9.78 Å². The van der Waals surface area contributed by atoms with Gasteiger partial charge in [0.2, 0.25) is 15.0 Å². The van der Waals surface area contributed by atoms with Gasteiger partial charge in [-0.05, 0) is 13.8 Å². The maximum atomic E-state index is 11.9. The lowest BCUT2D eigenvalue weighted by molar-refractivity contribution is -0.117. The average Bonchev–Trinajstić information content (AvgIpc) is 2.70. The predicted molar refractivity (Wildman–Crippen MR) is 68.2 cm³/mol. The van der Waals surface area contributed by atoms with Gasteiger partial charge >= 0.3 is 0 Å². The van der Waals surface area contributed by atoms with Gasteiger partial charge in [-0.3, -0.25) is 9.48 Å². The number of nitrogens with zero attached hydrogens (tertiary/aromatic N) is 3. The predicted octanol–water partition coefficient (Wildman–Crippen LogP) is 0.711. The van der Waals surface area contributed by atoms with Crippen molar-refractivity contribution in [2.24, 2.45) is 7.05 Å². The van der Waals surface area contributed by atoms with Crippen LogP contribution in [0.3, 0.4) is 0 Å². The van der Waals surface area contributed by atoms with Crippen LogP contribution in [0, 0.1) is 13.8 Å². The first-order valence-corrected chi connectivity index (χ1v) is 7.83. The van der Waals surface area contributed by atoms with Crippen molar-refractivity contribution in [1.29, 1.82) is 0 Å². The number of amides is 1. The van der Waals surface area contributed by atoms with Crippen molar-refractivity contribution in [3.63, 3.8) is 0 Å². The first-order chi connectivity index (χ1) is 8.21. The highest BCUT2D eigenvalue weighted by molar-refractivity contribution is 8.14. The summed E-state index contributed by atoms with van der Waals surface area (Å²) in [5.41, 5.74) is 2.22. The van der Waals surface area contributed by atoms with Crippen molar-refractivity contribution in [2.75, 3.05) is 11.4 Å². The molecule has 8 heteroatoms. The summed E-state index contributed by atoms with van der Waals surface area (Å²) < 4.78 is 24.3. The number of hydrogen-bond acceptors (Lipinski definition) is 4. The van der Waals surface area contributed by atoms with Crippen LogP contribution in [-0.4, -0.2) is 35.9 Å². The lowest BCUT2D eigenvalue weighted by atomic mass is 10.3. The largest absolute Gasteiger partial charge is 0.308 e. The fourth-order valence-corrected chi connectivity index (χ4v) is 3.26. The van der Waals surface area contributed by atoms with Crippen LogP contribution in [0.1, 0.15) is 17.8 Å². The third-order valence-corrected chi connectivity index (χ3v) is 5.10. The van der Waals surface area contributed by atoms with Crippen LogP contribution in [-0.2, 0) is 20.9 Å². The summed E-state index contributed by atoms with van der Waals surface area (Å²) >= 11 is 0. The molecular formula is C10H14ClN3O3S. The van der Waals surface area contributed by atoms with E-state index in [1.165, 1.54) is 4.90 Å². The number of carbonyl (C=O) groups is 1. The number of anilines is 1. The molecule has 1 aliphatic heterocycles. The molecule has 0 radical (unpaired) electrons. The molecule has 100 valence electrons. The summed E-state index contributed by atoms with van der Waals surface area (Å²) in [5, 5.41) is 3.38. The SMILES string of the molecule is Cc1nn(C)c(C)c1N1CC(S(=O)(=O)Cl)CC1=O. The summed E-state index contributed by atoms with van der Waals surface area (Å²) in [6.07, 6.45) is -0.0698. The third kappa shape index (κ3) is 2.12. The lowest BCUT2D eigenvalue weighted by Crippen LogP contribution is -2.27. The first kappa shape index (κ1) is 13.4. The van der Waals surface area contributed by atoms with Crippen molar-refractivity contribution in [3.8, 4) is 0 Å². The molecule has 1 atom stereocenters. The fourth-order valence-electron chi connectivity index (χ4n) is 2.23. The van der Waals surface area contributed by atoms with Gasteiger partial charge in [0.05, 0.1) is 17.1 Å². The molecule has 0 aliphatic carbocycles. The molecule has 6 nitrogen and oxygen atoms in total. The number of hydrogen-bond donors (Lipinski definition) is 0. The van der Waals surface area contributed by atoms with Crippen molar-refractivity contribution in [2.45, 2.75) is 25.5 Å². The van der Waals surface area contributed by atoms with Crippen molar-refractivity contribution >= 4 is 31.3 Å². The van der Waals surface area contributed by atoms with Crippen LogP contribution < -0.4 is 4.90 Å². The van der Waals surface area contributed by atoms with Crippen LogP contribution in [0.5, 0.6) is 0 Å². The Morgan fingerprint density at radius 2 is 2.00 bits per heavy atom. The zero-order valence-electron chi connectivity index (χ0n) is 10.3. The molecule has 1 aliphatic rings. The van der Waals surface area contributed by atoms with E-state index in [0.29, 0.717) is 11.4 Å². The van der Waals surface area contributed by atoms with Gasteiger partial charge in [-0.1, -0.05) is 0 Å². The molecule has 1 fully saturated rings. The minimum Gasteiger partial charge on any atom is -0.308 e. The van der Waals surface area contributed by atoms with Crippen molar-refractivity contribution < 1.29 is 13.2 Å². The van der Waals surface area contributed by atoms with Crippen LogP contribution in [0.4, 0.5) is 5.69 Å². The van der Waals surface area contributed by atoms with Gasteiger partial charge < -0.3 is 4.90 Å². The second-order valence-electron chi connectivity index (χ2n) is 4.45. The molecule has 2 heterocycles. The van der Waals surface area contributed by atoms with Gasteiger partial charge in [0, 0.05) is 30.7 Å². The Hall–Kier alpha value is -1.08. The number of aryl methyl sites for hydroxylation is 2. The van der Waals surface area contributed by atoms with Crippen molar-refractivity contribution in [3.05, 3.63) is 11.4 Å². The molecule has 1 aromatic rings. The van der Waals surface area contributed by atoms with Crippen LogP contribution in [0.15, 0.2) is 0 Å². The van der Waals surface area contributed by atoms with E-state index in [1.807, 2.05) is 6.92 Å². The smallest absolute Gasteiger partial charge is 0.237 e. The van der Waals surface area contributed by atoms with Gasteiger partial charge in [-0.2, -0.15) is 5.10 Å². The van der Waals surface area contributed by atoms with E-state index in [2.05, 4.69) is 5.10 Å². The zero-order valence-corrected chi connectivity index (χ0v) is 11.9. The van der Waals surface area contributed by atoms with Crippen LogP contribution >= 0.6 is 10.7 Å². The Balaban J connectivity index is 2.39. The topological polar surface area (TPSA) is 72.3 Å². The summed E-state index contributed by atoms with van der Waals surface area (Å²) in [4.78, 5) is 13.4. The Morgan fingerprint density at radius 1 is 1.39 bits per heavy atom. The third-order valence-electron chi connectivity index (χ3n) is 3.23. The maximum absolute atomic E-state index is 11.9. The monoisotopic (exact) mass is 291 g/mol. The second kappa shape index (κ2) is 4.24. The summed E-state index contributed by atoms with van der Waals surface area (Å²) in [5.74, 6) is -0.233. The molecule has 1 aromatic heterocycles. The number of carbonyl (C=O) groups excluding carboxylic acids is 1. The molecule has 0 aromatic carbocycles. The summed E-state index contributed by atoms with van der Waals surface area (Å²) in [7, 11) is 3.38. The molecule has 0 saturated carbocycles. The molecule has 2 rings (SSSR count). The Bertz CT molecular complexity index is 608. The molecule has 18 heavy (non-hydrogen) atoms.